The van der Waals surface area contributed by atoms with Crippen LogP contribution < -0.4 is 10.2 Å². The van der Waals surface area contributed by atoms with Crippen molar-refractivity contribution in [1.29, 1.82) is 0 Å². The van der Waals surface area contributed by atoms with Crippen LogP contribution in [0, 0.1) is 20.8 Å². The summed E-state index contributed by atoms with van der Waals surface area (Å²) in [6.07, 6.45) is 2.72. The fraction of sp³-hybridized carbons (Fsp3) is 0.423. The van der Waals surface area contributed by atoms with E-state index in [0.29, 0.717) is 36.1 Å². The first-order valence-electron chi connectivity index (χ1n) is 11.8. The van der Waals surface area contributed by atoms with E-state index in [1.54, 1.807) is 18.3 Å². The summed E-state index contributed by atoms with van der Waals surface area (Å²) in [5.74, 6) is 2.45. The SMILES string of the molecule is CCc1nc(Nc2cc(C(=O)Cc3c(C)cc(C)cc3C)ccn2)nc(N2CCN(C)CC2)n1. The molecule has 1 aromatic carbocycles. The average Bonchev–Trinajstić information content (AvgIpc) is 2.81. The molecule has 0 atom stereocenters. The molecule has 8 nitrogen and oxygen atoms in total. The Morgan fingerprint density at radius 1 is 1.00 bits per heavy atom. The number of anilines is 3. The van der Waals surface area contributed by atoms with Crippen LogP contribution in [0.15, 0.2) is 30.5 Å². The van der Waals surface area contributed by atoms with Gasteiger partial charge in [-0.05, 0) is 56.6 Å². The number of nitrogens with one attached hydrogen (secondary N) is 1. The van der Waals surface area contributed by atoms with Crippen LogP contribution in [0.5, 0.6) is 0 Å². The van der Waals surface area contributed by atoms with Gasteiger partial charge in [0.25, 0.3) is 0 Å². The second-order valence-electron chi connectivity index (χ2n) is 9.05. The van der Waals surface area contributed by atoms with Gasteiger partial charge in [-0.3, -0.25) is 4.79 Å². The van der Waals surface area contributed by atoms with Gasteiger partial charge in [-0.1, -0.05) is 24.6 Å². The van der Waals surface area contributed by atoms with Crippen molar-refractivity contribution >= 4 is 23.5 Å². The number of aromatic nitrogens is 4. The maximum Gasteiger partial charge on any atom is 0.233 e. The lowest BCUT2D eigenvalue weighted by Crippen LogP contribution is -2.45. The fourth-order valence-electron chi connectivity index (χ4n) is 4.31. The molecule has 178 valence electrons. The van der Waals surface area contributed by atoms with Gasteiger partial charge in [0.05, 0.1) is 0 Å². The zero-order chi connectivity index (χ0) is 24.2. The van der Waals surface area contributed by atoms with Crippen LogP contribution in [-0.2, 0) is 12.8 Å². The molecule has 1 N–H and O–H groups in total. The van der Waals surface area contributed by atoms with Crippen molar-refractivity contribution in [3.8, 4) is 0 Å². The minimum atomic E-state index is 0.0588. The predicted octanol–water partition coefficient (Wildman–Crippen LogP) is 3.68. The Morgan fingerprint density at radius 2 is 1.71 bits per heavy atom. The first-order chi connectivity index (χ1) is 16.3. The van der Waals surface area contributed by atoms with E-state index in [1.165, 1.54) is 5.56 Å². The zero-order valence-corrected chi connectivity index (χ0v) is 20.7. The third kappa shape index (κ3) is 5.56. The molecule has 8 heteroatoms. The molecule has 0 radical (unpaired) electrons. The number of carbonyl (C=O) groups is 1. The Morgan fingerprint density at radius 3 is 2.38 bits per heavy atom. The number of carbonyl (C=O) groups excluding carboxylic acids is 1. The van der Waals surface area contributed by atoms with Crippen LogP contribution in [0.3, 0.4) is 0 Å². The van der Waals surface area contributed by atoms with Crippen molar-refractivity contribution in [3.63, 3.8) is 0 Å². The Labute approximate surface area is 201 Å². The van der Waals surface area contributed by atoms with Gasteiger partial charge in [0, 0.05) is 50.8 Å². The van der Waals surface area contributed by atoms with Gasteiger partial charge >= 0.3 is 0 Å². The Hall–Kier alpha value is -3.39. The molecular formula is C26H33N7O. The van der Waals surface area contributed by atoms with Crippen molar-refractivity contribution in [1.82, 2.24) is 24.8 Å². The molecule has 34 heavy (non-hydrogen) atoms. The maximum absolute atomic E-state index is 13.1. The zero-order valence-electron chi connectivity index (χ0n) is 20.7. The number of benzene rings is 1. The lowest BCUT2D eigenvalue weighted by atomic mass is 9.94. The molecule has 0 amide bonds. The molecule has 0 spiro atoms. The quantitative estimate of drug-likeness (QED) is 0.536. The smallest absolute Gasteiger partial charge is 0.233 e. The Kier molecular flexibility index (Phi) is 7.17. The summed E-state index contributed by atoms with van der Waals surface area (Å²) in [6.45, 7) is 11.9. The molecule has 2 aromatic heterocycles. The van der Waals surface area contributed by atoms with E-state index in [-0.39, 0.29) is 5.78 Å². The minimum Gasteiger partial charge on any atom is -0.338 e. The number of likely N-dealkylation sites (N-methyl/N-ethyl adjacent to an activating group) is 1. The summed E-state index contributed by atoms with van der Waals surface area (Å²) in [6, 6.07) is 7.78. The van der Waals surface area contributed by atoms with Gasteiger partial charge < -0.3 is 15.1 Å². The summed E-state index contributed by atoms with van der Waals surface area (Å²) < 4.78 is 0. The number of hydrogen-bond acceptors (Lipinski definition) is 8. The lowest BCUT2D eigenvalue weighted by molar-refractivity contribution is 0.0992. The highest BCUT2D eigenvalue weighted by Crippen LogP contribution is 2.21. The van der Waals surface area contributed by atoms with Crippen molar-refractivity contribution in [3.05, 3.63) is 64.1 Å². The third-order valence-corrected chi connectivity index (χ3v) is 6.27. The monoisotopic (exact) mass is 459 g/mol. The number of pyridine rings is 1. The Bertz CT molecular complexity index is 1160. The number of nitrogens with zero attached hydrogens (tertiary/aromatic N) is 6. The van der Waals surface area contributed by atoms with Crippen molar-refractivity contribution in [2.45, 2.75) is 40.5 Å². The van der Waals surface area contributed by atoms with Crippen molar-refractivity contribution < 1.29 is 4.79 Å². The highest BCUT2D eigenvalue weighted by Gasteiger charge is 2.19. The fourth-order valence-corrected chi connectivity index (χ4v) is 4.31. The van der Waals surface area contributed by atoms with Gasteiger partial charge in [-0.2, -0.15) is 15.0 Å². The molecule has 4 rings (SSSR count). The van der Waals surface area contributed by atoms with Gasteiger partial charge in [-0.15, -0.1) is 0 Å². The van der Waals surface area contributed by atoms with Gasteiger partial charge in [-0.25, -0.2) is 4.98 Å². The standard InChI is InChI=1S/C26H33N7O/c1-6-23-28-25(31-26(30-23)33-11-9-32(5)10-12-33)29-24-15-20(7-8-27-24)22(34)16-21-18(3)13-17(2)14-19(21)4/h7-8,13-15H,6,9-12,16H2,1-5H3,(H,27,28,29,30,31). The molecule has 1 fully saturated rings. The van der Waals surface area contributed by atoms with E-state index in [0.717, 1.165) is 48.7 Å². The van der Waals surface area contributed by atoms with E-state index in [1.807, 2.05) is 6.92 Å². The summed E-state index contributed by atoms with van der Waals surface area (Å²) >= 11 is 0. The lowest BCUT2D eigenvalue weighted by Gasteiger charge is -2.32. The minimum absolute atomic E-state index is 0.0588. The molecule has 1 saturated heterocycles. The summed E-state index contributed by atoms with van der Waals surface area (Å²) in [7, 11) is 2.12. The molecule has 0 bridgehead atoms. The highest BCUT2D eigenvalue weighted by atomic mass is 16.1. The van der Waals surface area contributed by atoms with Crippen molar-refractivity contribution in [2.24, 2.45) is 0 Å². The summed E-state index contributed by atoms with van der Waals surface area (Å²) in [4.78, 5) is 35.8. The number of aryl methyl sites for hydroxylation is 4. The normalized spacial score (nSPS) is 14.3. The molecule has 3 heterocycles. The predicted molar refractivity (Wildman–Crippen MR) is 135 cm³/mol. The van der Waals surface area contributed by atoms with Crippen LogP contribution in [0.4, 0.5) is 17.7 Å². The summed E-state index contributed by atoms with van der Waals surface area (Å²) in [5, 5.41) is 3.19. The van der Waals surface area contributed by atoms with Crippen LogP contribution in [0.25, 0.3) is 0 Å². The average molecular weight is 460 g/mol. The number of ketones is 1. The van der Waals surface area contributed by atoms with Gasteiger partial charge in [0.1, 0.15) is 11.6 Å². The van der Waals surface area contributed by atoms with Crippen LogP contribution in [0.2, 0.25) is 0 Å². The highest BCUT2D eigenvalue weighted by molar-refractivity contribution is 5.98. The summed E-state index contributed by atoms with van der Waals surface area (Å²) in [5.41, 5.74) is 5.20. The van der Waals surface area contributed by atoms with Crippen LogP contribution in [0.1, 0.15) is 45.4 Å². The number of rotatable bonds is 7. The molecule has 0 unspecified atom stereocenters. The third-order valence-electron chi connectivity index (χ3n) is 6.27. The molecule has 3 aromatic rings. The van der Waals surface area contributed by atoms with Crippen LogP contribution in [-0.4, -0.2) is 63.8 Å². The first kappa shape index (κ1) is 23.8. The molecule has 1 aliphatic rings. The van der Waals surface area contributed by atoms with E-state index < -0.39 is 0 Å². The second-order valence-corrected chi connectivity index (χ2v) is 9.05. The van der Waals surface area contributed by atoms with Gasteiger partial charge in [0.2, 0.25) is 11.9 Å². The number of Topliss-reactive ketones (excluding diaryl/α,β-unsaturated/α-hetero) is 1. The molecule has 0 aliphatic carbocycles. The maximum atomic E-state index is 13.1. The molecule has 0 saturated carbocycles. The van der Waals surface area contributed by atoms with Crippen LogP contribution >= 0.6 is 0 Å². The number of piperazine rings is 1. The molecule has 1 aliphatic heterocycles. The molecular weight excluding hydrogens is 426 g/mol. The van der Waals surface area contributed by atoms with E-state index in [2.05, 4.69) is 75.0 Å². The van der Waals surface area contributed by atoms with Crippen molar-refractivity contribution in [2.75, 3.05) is 43.4 Å². The van der Waals surface area contributed by atoms with Gasteiger partial charge in [0.15, 0.2) is 5.78 Å². The van der Waals surface area contributed by atoms with E-state index in [9.17, 15) is 4.79 Å². The second kappa shape index (κ2) is 10.3. The Balaban J connectivity index is 1.53. The largest absolute Gasteiger partial charge is 0.338 e. The van der Waals surface area contributed by atoms with E-state index in [4.69, 9.17) is 0 Å². The topological polar surface area (TPSA) is 87.1 Å². The van der Waals surface area contributed by atoms with E-state index >= 15 is 0 Å². The first-order valence-corrected chi connectivity index (χ1v) is 11.8. The number of hydrogen-bond donors (Lipinski definition) is 1.